The fraction of sp³-hybridized carbons (Fsp3) is 0.500. The molecule has 2 unspecified atom stereocenters. The van der Waals surface area contributed by atoms with Gasteiger partial charge in [-0.05, 0) is 30.7 Å². The minimum Gasteiger partial charge on any atom is -0.476 e. The summed E-state index contributed by atoms with van der Waals surface area (Å²) in [6.45, 7) is 2.11. The van der Waals surface area contributed by atoms with Crippen LogP contribution in [0.1, 0.15) is 36.7 Å². The van der Waals surface area contributed by atoms with Crippen molar-refractivity contribution in [2.24, 2.45) is 0 Å². The molecule has 1 heterocycles. The summed E-state index contributed by atoms with van der Waals surface area (Å²) >= 11 is 1.85. The first-order valence-electron chi connectivity index (χ1n) is 6.99. The normalized spacial score (nSPS) is 21.0. The van der Waals surface area contributed by atoms with Crippen LogP contribution in [-0.4, -0.2) is 39.1 Å². The van der Waals surface area contributed by atoms with E-state index >= 15 is 0 Å². The van der Waals surface area contributed by atoms with Crippen molar-refractivity contribution in [2.75, 3.05) is 11.1 Å². The van der Waals surface area contributed by atoms with Gasteiger partial charge in [0.2, 0.25) is 0 Å². The summed E-state index contributed by atoms with van der Waals surface area (Å²) < 4.78 is 0. The highest BCUT2D eigenvalue weighted by Crippen LogP contribution is 2.29. The summed E-state index contributed by atoms with van der Waals surface area (Å²) in [5.74, 6) is -0.137. The van der Waals surface area contributed by atoms with Gasteiger partial charge in [-0.2, -0.15) is 11.8 Å². The van der Waals surface area contributed by atoms with E-state index in [0.717, 1.165) is 25.0 Å². The van der Waals surface area contributed by atoms with Gasteiger partial charge >= 0.3 is 12.0 Å². The van der Waals surface area contributed by atoms with Gasteiger partial charge in [-0.3, -0.25) is 0 Å². The quantitative estimate of drug-likeness (QED) is 0.777. The average molecular weight is 309 g/mol. The van der Waals surface area contributed by atoms with Gasteiger partial charge in [0, 0.05) is 17.5 Å². The number of pyridine rings is 1. The van der Waals surface area contributed by atoms with Gasteiger partial charge in [0.15, 0.2) is 5.69 Å². The Bertz CT molecular complexity index is 524. The van der Waals surface area contributed by atoms with Gasteiger partial charge in [-0.15, -0.1) is 0 Å². The van der Waals surface area contributed by atoms with Crippen LogP contribution in [0.4, 0.5) is 10.5 Å². The van der Waals surface area contributed by atoms with Crippen LogP contribution < -0.4 is 10.6 Å². The lowest BCUT2D eigenvalue weighted by atomic mass is 10.2. The molecule has 1 aromatic rings. The van der Waals surface area contributed by atoms with Gasteiger partial charge in [-0.1, -0.05) is 13.3 Å². The highest BCUT2D eigenvalue weighted by atomic mass is 32.2. The summed E-state index contributed by atoms with van der Waals surface area (Å²) in [5.41, 5.74) is 0.0544. The lowest BCUT2D eigenvalue weighted by Gasteiger charge is -2.20. The second-order valence-corrected chi connectivity index (χ2v) is 6.35. The Hall–Kier alpha value is -1.76. The van der Waals surface area contributed by atoms with Crippen LogP contribution in [-0.2, 0) is 0 Å². The Morgan fingerprint density at radius 1 is 1.48 bits per heavy atom. The third-order valence-corrected chi connectivity index (χ3v) is 4.73. The maximum Gasteiger partial charge on any atom is 0.356 e. The molecule has 6 nitrogen and oxygen atoms in total. The third-order valence-electron chi connectivity index (χ3n) is 3.41. The summed E-state index contributed by atoms with van der Waals surface area (Å²) in [7, 11) is 0. The maximum absolute atomic E-state index is 12.0. The molecule has 0 radical (unpaired) electrons. The van der Waals surface area contributed by atoms with E-state index in [9.17, 15) is 9.59 Å². The van der Waals surface area contributed by atoms with Crippen LogP contribution in [0.2, 0.25) is 0 Å². The van der Waals surface area contributed by atoms with E-state index in [2.05, 4.69) is 22.5 Å². The van der Waals surface area contributed by atoms with E-state index in [-0.39, 0.29) is 23.5 Å². The molecule has 2 amide bonds. The minimum atomic E-state index is -1.16. The molecule has 1 saturated carbocycles. The van der Waals surface area contributed by atoms with Crippen molar-refractivity contribution in [2.45, 2.75) is 37.5 Å². The van der Waals surface area contributed by atoms with Gasteiger partial charge in [0.1, 0.15) is 0 Å². The fourth-order valence-corrected chi connectivity index (χ4v) is 3.71. The largest absolute Gasteiger partial charge is 0.476 e. The molecule has 0 aliphatic heterocycles. The molecule has 7 heteroatoms. The van der Waals surface area contributed by atoms with Crippen molar-refractivity contribution in [3.63, 3.8) is 0 Å². The van der Waals surface area contributed by atoms with Crippen LogP contribution in [0.5, 0.6) is 0 Å². The number of nitrogens with zero attached hydrogens (tertiary/aromatic N) is 1. The molecule has 0 saturated heterocycles. The molecule has 3 N–H and O–H groups in total. The van der Waals surface area contributed by atoms with Crippen LogP contribution in [0.25, 0.3) is 0 Å². The monoisotopic (exact) mass is 309 g/mol. The fourth-order valence-electron chi connectivity index (χ4n) is 2.51. The van der Waals surface area contributed by atoms with Crippen LogP contribution in [0, 0.1) is 0 Å². The van der Waals surface area contributed by atoms with E-state index in [4.69, 9.17) is 5.11 Å². The van der Waals surface area contributed by atoms with E-state index in [1.165, 1.54) is 12.3 Å². The van der Waals surface area contributed by atoms with E-state index < -0.39 is 5.97 Å². The zero-order chi connectivity index (χ0) is 15.2. The molecule has 1 aromatic heterocycles. The number of carbonyl (C=O) groups excluding carboxylic acids is 1. The Morgan fingerprint density at radius 3 is 3.00 bits per heavy atom. The van der Waals surface area contributed by atoms with Gasteiger partial charge in [-0.25, -0.2) is 14.6 Å². The maximum atomic E-state index is 12.0. The van der Waals surface area contributed by atoms with E-state index in [1.807, 2.05) is 11.8 Å². The number of aromatic carboxylic acids is 1. The highest BCUT2D eigenvalue weighted by Gasteiger charge is 2.28. The predicted octanol–water partition coefficient (Wildman–Crippen LogP) is 2.58. The first-order chi connectivity index (χ1) is 10.1. The Balaban J connectivity index is 1.97. The molecule has 2 atom stereocenters. The summed E-state index contributed by atoms with van der Waals surface area (Å²) in [6, 6.07) is 2.88. The average Bonchev–Trinajstić information content (AvgIpc) is 2.86. The standard InChI is InChI=1S/C14H19N3O3S/c1-2-21-11-7-3-5-9(11)16-14(20)17-10-6-4-8-15-12(10)13(18)19/h4,6,8-9,11H,2-3,5,7H2,1H3,(H,18,19)(H2,16,17,20). The molecule has 0 spiro atoms. The number of anilines is 1. The van der Waals surface area contributed by atoms with Gasteiger partial charge in [0.05, 0.1) is 5.69 Å². The molecule has 1 aliphatic carbocycles. The number of carboxylic acids is 1. The summed E-state index contributed by atoms with van der Waals surface area (Å²) in [4.78, 5) is 26.8. The number of carbonyl (C=O) groups is 2. The Labute approximate surface area is 127 Å². The first kappa shape index (κ1) is 15.6. The minimum absolute atomic E-state index is 0.139. The number of hydrogen-bond donors (Lipinski definition) is 3. The number of amides is 2. The van der Waals surface area contributed by atoms with Crippen LogP contribution in [0.3, 0.4) is 0 Å². The van der Waals surface area contributed by atoms with Gasteiger partial charge < -0.3 is 15.7 Å². The topological polar surface area (TPSA) is 91.3 Å². The Kier molecular flexibility index (Phi) is 5.44. The summed E-state index contributed by atoms with van der Waals surface area (Å²) in [5, 5.41) is 15.0. The van der Waals surface area contributed by atoms with Crippen LogP contribution in [0.15, 0.2) is 18.3 Å². The van der Waals surface area contributed by atoms with E-state index in [1.54, 1.807) is 6.07 Å². The Morgan fingerprint density at radius 2 is 2.29 bits per heavy atom. The van der Waals surface area contributed by atoms with Crippen molar-refractivity contribution in [1.29, 1.82) is 0 Å². The highest BCUT2D eigenvalue weighted by molar-refractivity contribution is 7.99. The number of carboxylic acid groups (broad SMARTS) is 1. The van der Waals surface area contributed by atoms with Crippen molar-refractivity contribution in [3.05, 3.63) is 24.0 Å². The van der Waals surface area contributed by atoms with Crippen molar-refractivity contribution < 1.29 is 14.7 Å². The number of aromatic nitrogens is 1. The van der Waals surface area contributed by atoms with Gasteiger partial charge in [0.25, 0.3) is 0 Å². The van der Waals surface area contributed by atoms with Crippen molar-refractivity contribution in [3.8, 4) is 0 Å². The molecule has 1 aliphatic rings. The first-order valence-corrected chi connectivity index (χ1v) is 8.04. The zero-order valence-corrected chi connectivity index (χ0v) is 12.7. The number of hydrogen-bond acceptors (Lipinski definition) is 4. The zero-order valence-electron chi connectivity index (χ0n) is 11.8. The molecule has 1 fully saturated rings. The molecular weight excluding hydrogens is 290 g/mol. The number of urea groups is 1. The van der Waals surface area contributed by atoms with Crippen molar-refractivity contribution >= 4 is 29.4 Å². The SMILES string of the molecule is CCSC1CCCC1NC(=O)Nc1cccnc1C(=O)O. The lowest BCUT2D eigenvalue weighted by molar-refractivity contribution is 0.0692. The predicted molar refractivity (Wildman–Crippen MR) is 82.9 cm³/mol. The molecule has 2 rings (SSSR count). The molecule has 0 aromatic carbocycles. The molecule has 114 valence electrons. The van der Waals surface area contributed by atoms with Crippen molar-refractivity contribution in [1.82, 2.24) is 10.3 Å². The van der Waals surface area contributed by atoms with Crippen LogP contribution >= 0.6 is 11.8 Å². The summed E-state index contributed by atoms with van der Waals surface area (Å²) in [6.07, 6.45) is 4.56. The smallest absolute Gasteiger partial charge is 0.356 e. The number of nitrogens with one attached hydrogen (secondary N) is 2. The number of rotatable bonds is 5. The third kappa shape index (κ3) is 4.10. The molecule has 0 bridgehead atoms. The second-order valence-electron chi connectivity index (χ2n) is 4.83. The lowest BCUT2D eigenvalue weighted by Crippen LogP contribution is -2.41. The molecular formula is C14H19N3O3S. The molecule has 21 heavy (non-hydrogen) atoms. The second kappa shape index (κ2) is 7.31. The number of thioether (sulfide) groups is 1. The van der Waals surface area contributed by atoms with E-state index in [0.29, 0.717) is 5.25 Å².